The number of ether oxygens (including phenoxy) is 2. The summed E-state index contributed by atoms with van der Waals surface area (Å²) in [4.78, 5) is 10.0. The van der Waals surface area contributed by atoms with Crippen molar-refractivity contribution in [2.45, 2.75) is 26.5 Å². The van der Waals surface area contributed by atoms with Crippen molar-refractivity contribution in [3.8, 4) is 23.0 Å². The monoisotopic (exact) mass is 1180 g/mol. The van der Waals surface area contributed by atoms with Crippen LogP contribution in [0.3, 0.4) is 0 Å². The molecule has 0 atom stereocenters. The van der Waals surface area contributed by atoms with Gasteiger partial charge in [0.25, 0.3) is 20.2 Å². The Morgan fingerprint density at radius 1 is 0.526 bits per heavy atom. The SMILES string of the molecule is COc1ccc(S(=O)(=O)[O-])cc1N=Nc1c(S(=O)(=O)O)cc2cc(Nc3nc(Nc4ccccc4)nc(Nc4cc(C)c(N=Nc5cc(S(=O)(=O)[O-])cc6cc(S(=O)(=O)O)cc([O-])c56)cc4OC)n3)ccc2c1[O-].[Na+].[Na+].[Na+].[Na+]. The number of nitrogens with one attached hydrogen (secondary N) is 3. The van der Waals surface area contributed by atoms with Gasteiger partial charge >= 0.3 is 118 Å². The number of aromatic nitrogens is 3. The van der Waals surface area contributed by atoms with Crippen LogP contribution in [0.5, 0.6) is 23.0 Å². The van der Waals surface area contributed by atoms with E-state index in [4.69, 9.17) is 9.47 Å². The first kappa shape index (κ1) is 66.0. The van der Waals surface area contributed by atoms with Crippen LogP contribution >= 0.6 is 0 Å². The van der Waals surface area contributed by atoms with Crippen LogP contribution in [0.1, 0.15) is 5.56 Å². The van der Waals surface area contributed by atoms with Crippen LogP contribution in [-0.4, -0.2) is 81.1 Å². The van der Waals surface area contributed by atoms with E-state index in [9.17, 15) is 62.1 Å². The topological polar surface area (TPSA) is 412 Å². The molecule has 78 heavy (non-hydrogen) atoms. The predicted octanol–water partition coefficient (Wildman–Crippen LogP) is -4.97. The molecule has 0 amide bonds. The minimum absolute atomic E-state index is 0. The molecule has 0 saturated carbocycles. The third kappa shape index (κ3) is 15.5. The molecule has 0 aliphatic rings. The maximum Gasteiger partial charge on any atom is 1.00 e. The number of aryl methyl sites for hydroxylation is 1. The number of hydrogen-bond acceptors (Lipinski definition) is 24. The fraction of sp³-hybridized carbons (Fsp3) is 0.0682. The molecule has 26 nitrogen and oxygen atoms in total. The fourth-order valence-corrected chi connectivity index (χ4v) is 9.29. The quantitative estimate of drug-likeness (QED) is 0.0344. The Morgan fingerprint density at radius 2 is 1.09 bits per heavy atom. The number of rotatable bonds is 16. The molecule has 7 aromatic carbocycles. The second-order valence-electron chi connectivity index (χ2n) is 15.4. The Morgan fingerprint density at radius 3 is 1.68 bits per heavy atom. The van der Waals surface area contributed by atoms with E-state index in [0.717, 1.165) is 42.5 Å². The number of anilines is 6. The van der Waals surface area contributed by atoms with E-state index in [0.29, 0.717) is 17.3 Å². The van der Waals surface area contributed by atoms with E-state index in [1.54, 1.807) is 37.3 Å². The number of para-hydroxylation sites is 1. The standard InChI is InChI=1S/C44H36N10O16S4.4Na/c1-22-13-32(37(70-3)21-31(22)51-53-34-19-28(72(60,61)62)15-24-16-29(73(63,64)65)20-35(55)39(24)34)47-44-49-42(45-25-7-5-4-6-8-25)48-43(50-44)46-26-9-11-30-23(14-26)17-38(74(66,67)68)40(41(30)56)54-52-33-18-27(71(57,58)59)10-12-36(33)69-2;;;;/h4-21,55-56H,1-3H3,(H,57,58,59)(H,60,61,62)(H,63,64,65)(H,66,67,68)(H3,45,46,47,48,49,50);;;;/q;4*+1/p-4. The van der Waals surface area contributed by atoms with Gasteiger partial charge in [-0.25, -0.2) is 16.8 Å². The van der Waals surface area contributed by atoms with Gasteiger partial charge in [-0.2, -0.15) is 36.9 Å². The summed E-state index contributed by atoms with van der Waals surface area (Å²) in [6.45, 7) is 1.60. The van der Waals surface area contributed by atoms with Crippen LogP contribution in [0, 0.1) is 6.92 Å². The third-order valence-corrected chi connectivity index (χ3v) is 13.8. The van der Waals surface area contributed by atoms with E-state index in [1.807, 2.05) is 0 Å². The van der Waals surface area contributed by atoms with Crippen LogP contribution in [0.25, 0.3) is 21.5 Å². The summed E-state index contributed by atoms with van der Waals surface area (Å²) < 4.78 is 151. The first-order valence-corrected chi connectivity index (χ1v) is 26.2. The molecular formula is C44H32N10Na4O16S4. The smallest absolute Gasteiger partial charge is 0.872 e. The van der Waals surface area contributed by atoms with Gasteiger partial charge in [-0.3, -0.25) is 9.11 Å². The summed E-state index contributed by atoms with van der Waals surface area (Å²) >= 11 is 0. The van der Waals surface area contributed by atoms with Crippen molar-refractivity contribution in [1.82, 2.24) is 15.0 Å². The molecule has 8 aromatic rings. The Kier molecular flexibility index (Phi) is 22.3. The van der Waals surface area contributed by atoms with E-state index in [-0.39, 0.29) is 192 Å². The van der Waals surface area contributed by atoms with E-state index < -0.39 is 82.9 Å². The van der Waals surface area contributed by atoms with Gasteiger partial charge in [0.05, 0.1) is 51.7 Å². The van der Waals surface area contributed by atoms with Gasteiger partial charge in [0, 0.05) is 22.8 Å². The fourth-order valence-electron chi connectivity index (χ4n) is 7.09. The zero-order valence-corrected chi connectivity index (χ0v) is 53.0. The van der Waals surface area contributed by atoms with Gasteiger partial charge in [0.15, 0.2) is 0 Å². The third-order valence-electron chi connectivity index (χ3n) is 10.5. The molecule has 34 heteroatoms. The molecule has 0 saturated heterocycles. The van der Waals surface area contributed by atoms with Gasteiger partial charge in [0.2, 0.25) is 17.8 Å². The molecule has 0 spiro atoms. The van der Waals surface area contributed by atoms with Crippen molar-refractivity contribution >= 4 is 120 Å². The minimum Gasteiger partial charge on any atom is -0.872 e. The van der Waals surface area contributed by atoms with Crippen molar-refractivity contribution in [2.75, 3.05) is 30.2 Å². The second kappa shape index (κ2) is 26.4. The van der Waals surface area contributed by atoms with Crippen LogP contribution < -0.4 is 154 Å². The van der Waals surface area contributed by atoms with Gasteiger partial charge < -0.3 is 44.7 Å². The van der Waals surface area contributed by atoms with Crippen LogP contribution in [0.4, 0.5) is 57.7 Å². The van der Waals surface area contributed by atoms with Crippen LogP contribution in [0.15, 0.2) is 149 Å². The van der Waals surface area contributed by atoms with Gasteiger partial charge in [-0.15, -0.1) is 15.3 Å². The number of fused-ring (bicyclic) bond motifs is 2. The molecular weight excluding hydrogens is 1140 g/mol. The second-order valence-corrected chi connectivity index (χ2v) is 21.0. The average Bonchev–Trinajstić information content (AvgIpc) is 3.32. The van der Waals surface area contributed by atoms with Gasteiger partial charge in [-0.1, -0.05) is 35.8 Å². The summed E-state index contributed by atoms with van der Waals surface area (Å²) in [6, 6.07) is 22.5. The summed E-state index contributed by atoms with van der Waals surface area (Å²) in [5, 5.41) is 50.9. The molecule has 0 bridgehead atoms. The number of methoxy groups -OCH3 is 2. The molecule has 0 aliphatic heterocycles. The molecule has 1 heterocycles. The van der Waals surface area contributed by atoms with Crippen molar-refractivity contribution in [3.05, 3.63) is 115 Å². The Balaban J connectivity index is 0.00000328. The van der Waals surface area contributed by atoms with Crippen LogP contribution in [0.2, 0.25) is 0 Å². The summed E-state index contributed by atoms with van der Waals surface area (Å²) in [6.07, 6.45) is 0. The summed E-state index contributed by atoms with van der Waals surface area (Å²) in [5.41, 5.74) is -0.117. The maximum absolute atomic E-state index is 13.8. The first-order valence-electron chi connectivity index (χ1n) is 20.5. The van der Waals surface area contributed by atoms with Crippen molar-refractivity contribution in [3.63, 3.8) is 0 Å². The molecule has 0 radical (unpaired) electrons. The number of azo groups is 2. The molecule has 0 unspecified atom stereocenters. The van der Waals surface area contributed by atoms with Crippen molar-refractivity contribution < 1.29 is 190 Å². The minimum atomic E-state index is -5.18. The zero-order valence-electron chi connectivity index (χ0n) is 41.8. The van der Waals surface area contributed by atoms with Crippen molar-refractivity contribution in [1.29, 1.82) is 0 Å². The molecule has 382 valence electrons. The normalized spacial score (nSPS) is 11.8. The molecule has 5 N–H and O–H groups in total. The zero-order chi connectivity index (χ0) is 53.5. The summed E-state index contributed by atoms with van der Waals surface area (Å²) in [7, 11) is -17.7. The van der Waals surface area contributed by atoms with E-state index >= 15 is 0 Å². The van der Waals surface area contributed by atoms with Gasteiger partial charge in [-0.05, 0) is 108 Å². The van der Waals surface area contributed by atoms with Crippen molar-refractivity contribution in [2.24, 2.45) is 20.5 Å². The molecule has 0 fully saturated rings. The van der Waals surface area contributed by atoms with Crippen LogP contribution in [-0.2, 0) is 40.5 Å². The number of benzene rings is 7. The first-order chi connectivity index (χ1) is 34.8. The average molecular weight is 1180 g/mol. The molecule has 0 aliphatic carbocycles. The number of hydrogen-bond donors (Lipinski definition) is 5. The largest absolute Gasteiger partial charge is 1.00 e. The molecule has 8 rings (SSSR count). The Labute approximate surface area is 532 Å². The Hall–Kier alpha value is -4.49. The van der Waals surface area contributed by atoms with E-state index in [2.05, 4.69) is 51.4 Å². The molecule has 1 aromatic heterocycles. The van der Waals surface area contributed by atoms with E-state index in [1.165, 1.54) is 44.6 Å². The Bertz CT molecular complexity index is 4150. The maximum atomic E-state index is 13.8. The predicted molar refractivity (Wildman–Crippen MR) is 258 cm³/mol. The number of nitrogens with zero attached hydrogens (tertiary/aromatic N) is 7. The summed E-state index contributed by atoms with van der Waals surface area (Å²) in [5.74, 6) is -2.19. The van der Waals surface area contributed by atoms with Gasteiger partial charge in [0.1, 0.15) is 42.3 Å².